The van der Waals surface area contributed by atoms with Gasteiger partial charge >= 0.3 is 0 Å². The molecule has 0 spiro atoms. The maximum absolute atomic E-state index is 12.0. The van der Waals surface area contributed by atoms with E-state index >= 15 is 0 Å². The largest absolute Gasteiger partial charge is 0.303 e. The van der Waals surface area contributed by atoms with E-state index in [9.17, 15) is 9.59 Å². The summed E-state index contributed by atoms with van der Waals surface area (Å²) in [6.07, 6.45) is 3.03. The Bertz CT molecular complexity index is 473. The Kier molecular flexibility index (Phi) is 4.90. The molecule has 1 aromatic carbocycles. The van der Waals surface area contributed by atoms with Gasteiger partial charge in [0.2, 0.25) is 11.8 Å². The number of likely N-dealkylation sites (N-methyl/N-ethyl adjacent to an activating group) is 1. The van der Waals surface area contributed by atoms with Crippen LogP contribution in [0.3, 0.4) is 0 Å². The lowest BCUT2D eigenvalue weighted by molar-refractivity contribution is -0.148. The molecule has 1 N–H and O–H groups in total. The summed E-state index contributed by atoms with van der Waals surface area (Å²) in [6, 6.07) is 10.4. The molecule has 0 bridgehead atoms. The minimum atomic E-state index is -0.219. The second kappa shape index (κ2) is 6.66. The number of likely N-dealkylation sites (tertiary alicyclic amines) is 1. The highest BCUT2D eigenvalue weighted by molar-refractivity contribution is 6.00. The molecule has 1 aliphatic heterocycles. The third kappa shape index (κ3) is 3.67. The van der Waals surface area contributed by atoms with Crippen molar-refractivity contribution in [3.63, 3.8) is 0 Å². The van der Waals surface area contributed by atoms with E-state index in [-0.39, 0.29) is 23.9 Å². The highest BCUT2D eigenvalue weighted by Gasteiger charge is 2.32. The van der Waals surface area contributed by atoms with E-state index in [0.717, 1.165) is 12.8 Å². The average Bonchev–Trinajstić information content (AvgIpc) is 2.47. The average molecular weight is 274 g/mol. The van der Waals surface area contributed by atoms with Crippen LogP contribution in [0.5, 0.6) is 0 Å². The van der Waals surface area contributed by atoms with Crippen LogP contribution in [-0.4, -0.2) is 35.8 Å². The first kappa shape index (κ1) is 14.7. The number of rotatable bonds is 5. The van der Waals surface area contributed by atoms with E-state index in [2.05, 4.69) is 24.4 Å². The Balaban J connectivity index is 1.81. The molecule has 0 aromatic heterocycles. The second-order valence-electron chi connectivity index (χ2n) is 5.47. The third-order valence-corrected chi connectivity index (χ3v) is 3.84. The number of benzene rings is 1. The SMILES string of the molecule is CC(CCc1ccccc1)NC1CCC(=O)N(C)C1=O. The van der Waals surface area contributed by atoms with Crippen LogP contribution in [0, 0.1) is 0 Å². The maximum atomic E-state index is 12.0. The number of nitrogens with zero attached hydrogens (tertiary/aromatic N) is 1. The smallest absolute Gasteiger partial charge is 0.246 e. The number of hydrogen-bond donors (Lipinski definition) is 1. The molecule has 2 rings (SSSR count). The molecule has 1 aromatic rings. The van der Waals surface area contributed by atoms with Crippen molar-refractivity contribution < 1.29 is 9.59 Å². The molecule has 20 heavy (non-hydrogen) atoms. The topological polar surface area (TPSA) is 49.4 Å². The standard InChI is InChI=1S/C16H22N2O2/c1-12(8-9-13-6-4-3-5-7-13)17-14-10-11-15(19)18(2)16(14)20/h3-7,12,14,17H,8-11H2,1-2H3. The van der Waals surface area contributed by atoms with E-state index in [1.807, 2.05) is 18.2 Å². The van der Waals surface area contributed by atoms with Gasteiger partial charge < -0.3 is 5.32 Å². The van der Waals surface area contributed by atoms with Crippen LogP contribution in [0.1, 0.15) is 31.7 Å². The van der Waals surface area contributed by atoms with Gasteiger partial charge in [0, 0.05) is 19.5 Å². The van der Waals surface area contributed by atoms with Gasteiger partial charge in [0.25, 0.3) is 0 Å². The number of aryl methyl sites for hydroxylation is 1. The molecule has 0 aliphatic carbocycles. The summed E-state index contributed by atoms with van der Waals surface area (Å²) in [5.41, 5.74) is 1.31. The zero-order valence-electron chi connectivity index (χ0n) is 12.1. The fourth-order valence-electron chi connectivity index (χ4n) is 2.52. The van der Waals surface area contributed by atoms with E-state index in [1.165, 1.54) is 10.5 Å². The zero-order chi connectivity index (χ0) is 14.5. The van der Waals surface area contributed by atoms with Crippen LogP contribution in [0.2, 0.25) is 0 Å². The second-order valence-corrected chi connectivity index (χ2v) is 5.47. The van der Waals surface area contributed by atoms with E-state index < -0.39 is 0 Å². The summed E-state index contributed by atoms with van der Waals surface area (Å²) < 4.78 is 0. The van der Waals surface area contributed by atoms with Gasteiger partial charge in [0.15, 0.2) is 0 Å². The van der Waals surface area contributed by atoms with Crippen LogP contribution in [0.15, 0.2) is 30.3 Å². The lowest BCUT2D eigenvalue weighted by atomic mass is 10.0. The van der Waals surface area contributed by atoms with Crippen molar-refractivity contribution in [1.82, 2.24) is 10.2 Å². The first-order valence-electron chi connectivity index (χ1n) is 7.18. The Morgan fingerprint density at radius 1 is 1.30 bits per heavy atom. The van der Waals surface area contributed by atoms with Gasteiger partial charge in [-0.05, 0) is 31.7 Å². The number of carbonyl (C=O) groups excluding carboxylic acids is 2. The molecule has 0 saturated carbocycles. The van der Waals surface area contributed by atoms with Crippen molar-refractivity contribution in [3.05, 3.63) is 35.9 Å². The number of amides is 2. The highest BCUT2D eigenvalue weighted by atomic mass is 16.2. The Morgan fingerprint density at radius 2 is 2.00 bits per heavy atom. The predicted molar refractivity (Wildman–Crippen MR) is 78.2 cm³/mol. The van der Waals surface area contributed by atoms with Gasteiger partial charge in [-0.3, -0.25) is 14.5 Å². The molecule has 2 amide bonds. The summed E-state index contributed by atoms with van der Waals surface area (Å²) >= 11 is 0. The molecule has 1 heterocycles. The van der Waals surface area contributed by atoms with Crippen molar-refractivity contribution >= 4 is 11.8 Å². The van der Waals surface area contributed by atoms with Gasteiger partial charge in [-0.1, -0.05) is 30.3 Å². The third-order valence-electron chi connectivity index (χ3n) is 3.84. The van der Waals surface area contributed by atoms with Crippen molar-refractivity contribution in [3.8, 4) is 0 Å². The first-order valence-corrected chi connectivity index (χ1v) is 7.18. The Labute approximate surface area is 120 Å². The number of carbonyl (C=O) groups is 2. The lowest BCUT2D eigenvalue weighted by Gasteiger charge is -2.30. The quantitative estimate of drug-likeness (QED) is 0.832. The Morgan fingerprint density at radius 3 is 2.70 bits per heavy atom. The molecule has 4 heteroatoms. The maximum Gasteiger partial charge on any atom is 0.246 e. The summed E-state index contributed by atoms with van der Waals surface area (Å²) in [7, 11) is 1.56. The monoisotopic (exact) mass is 274 g/mol. The van der Waals surface area contributed by atoms with E-state index in [1.54, 1.807) is 7.05 Å². The normalized spacial score (nSPS) is 21.1. The van der Waals surface area contributed by atoms with Crippen LogP contribution in [-0.2, 0) is 16.0 Å². The number of imide groups is 1. The van der Waals surface area contributed by atoms with Gasteiger partial charge in [-0.25, -0.2) is 0 Å². The van der Waals surface area contributed by atoms with Crippen LogP contribution < -0.4 is 5.32 Å². The van der Waals surface area contributed by atoms with Crippen LogP contribution >= 0.6 is 0 Å². The van der Waals surface area contributed by atoms with Crippen molar-refractivity contribution in [2.45, 2.75) is 44.7 Å². The molecule has 0 radical (unpaired) electrons. The summed E-state index contributed by atoms with van der Waals surface area (Å²) in [5, 5.41) is 3.35. The molecular formula is C16H22N2O2. The number of piperidine rings is 1. The van der Waals surface area contributed by atoms with Gasteiger partial charge in [0.1, 0.15) is 0 Å². The molecule has 2 unspecified atom stereocenters. The van der Waals surface area contributed by atoms with Gasteiger partial charge in [-0.2, -0.15) is 0 Å². The lowest BCUT2D eigenvalue weighted by Crippen LogP contribution is -2.53. The highest BCUT2D eigenvalue weighted by Crippen LogP contribution is 2.13. The van der Waals surface area contributed by atoms with Crippen LogP contribution in [0.4, 0.5) is 0 Å². The van der Waals surface area contributed by atoms with Crippen molar-refractivity contribution in [1.29, 1.82) is 0 Å². The van der Waals surface area contributed by atoms with Gasteiger partial charge in [-0.15, -0.1) is 0 Å². The molecular weight excluding hydrogens is 252 g/mol. The minimum absolute atomic E-state index is 0.0787. The summed E-state index contributed by atoms with van der Waals surface area (Å²) in [5.74, 6) is -0.183. The molecule has 1 fully saturated rings. The Hall–Kier alpha value is -1.68. The number of hydrogen-bond acceptors (Lipinski definition) is 3. The molecule has 1 saturated heterocycles. The summed E-state index contributed by atoms with van der Waals surface area (Å²) in [6.45, 7) is 2.09. The van der Waals surface area contributed by atoms with E-state index in [4.69, 9.17) is 0 Å². The summed E-state index contributed by atoms with van der Waals surface area (Å²) in [4.78, 5) is 24.7. The molecule has 108 valence electrons. The minimum Gasteiger partial charge on any atom is -0.303 e. The van der Waals surface area contributed by atoms with Crippen molar-refractivity contribution in [2.24, 2.45) is 0 Å². The fraction of sp³-hybridized carbons (Fsp3) is 0.500. The van der Waals surface area contributed by atoms with E-state index in [0.29, 0.717) is 12.8 Å². The molecule has 4 nitrogen and oxygen atoms in total. The molecule has 2 atom stereocenters. The zero-order valence-corrected chi connectivity index (χ0v) is 12.1. The first-order chi connectivity index (χ1) is 9.58. The van der Waals surface area contributed by atoms with Crippen molar-refractivity contribution in [2.75, 3.05) is 7.05 Å². The predicted octanol–water partition coefficient (Wildman–Crippen LogP) is 1.74. The number of nitrogens with one attached hydrogen (secondary N) is 1. The molecule has 1 aliphatic rings. The fourth-order valence-corrected chi connectivity index (χ4v) is 2.52. The van der Waals surface area contributed by atoms with Crippen LogP contribution in [0.25, 0.3) is 0 Å². The van der Waals surface area contributed by atoms with Gasteiger partial charge in [0.05, 0.1) is 6.04 Å².